The van der Waals surface area contributed by atoms with Crippen LogP contribution in [-0.2, 0) is 42.9 Å². The lowest BCUT2D eigenvalue weighted by Crippen LogP contribution is -2.61. The number of hydrogen-bond acceptors (Lipinski definition) is 11. The van der Waals surface area contributed by atoms with E-state index in [9.17, 15) is 34.5 Å². The molecule has 0 aliphatic carbocycles. The lowest BCUT2D eigenvalue weighted by Gasteiger charge is -2.40. The van der Waals surface area contributed by atoms with Crippen LogP contribution in [0, 0.1) is 0 Å². The zero-order valence-electron chi connectivity index (χ0n) is 43.3. The van der Waals surface area contributed by atoms with Crippen LogP contribution in [0.4, 0.5) is 0 Å². The summed E-state index contributed by atoms with van der Waals surface area (Å²) in [5.41, 5.74) is 0. The van der Waals surface area contributed by atoms with E-state index < -0.39 is 67.3 Å². The minimum atomic E-state index is -1.91. The Bertz CT molecular complexity index is 1440. The number of carbonyl (C=O) groups is 4. The Balaban J connectivity index is 2.69. The highest BCUT2D eigenvalue weighted by Crippen LogP contribution is 2.26. The summed E-state index contributed by atoms with van der Waals surface area (Å²) in [5, 5.41) is 31.3. The number of carboxylic acids is 1. The average Bonchev–Trinajstić information content (AvgIpc) is 3.33. The van der Waals surface area contributed by atoms with Crippen molar-refractivity contribution >= 4 is 23.9 Å². The van der Waals surface area contributed by atoms with Gasteiger partial charge < -0.3 is 39.0 Å². The number of aliphatic hydroxyl groups excluding tert-OH is 2. The molecule has 0 aromatic rings. The molecule has 1 heterocycles. The van der Waals surface area contributed by atoms with Crippen LogP contribution >= 0.6 is 0 Å². The van der Waals surface area contributed by atoms with Crippen molar-refractivity contribution in [2.45, 2.75) is 263 Å². The number of unbranched alkanes of at least 4 members (excludes halogenated alkanes) is 21. The number of aliphatic hydroxyl groups is 2. The van der Waals surface area contributed by atoms with Gasteiger partial charge in [-0.2, -0.15) is 0 Å². The smallest absolute Gasteiger partial charge is 0.335 e. The summed E-state index contributed by atoms with van der Waals surface area (Å²) in [6.45, 7) is 5.82. The zero-order chi connectivity index (χ0) is 50.4. The van der Waals surface area contributed by atoms with Gasteiger partial charge in [0.1, 0.15) is 18.8 Å². The van der Waals surface area contributed by atoms with Crippen molar-refractivity contribution in [2.24, 2.45) is 0 Å². The quantitative estimate of drug-likeness (QED) is 0.0228. The molecule has 1 aliphatic rings. The predicted molar refractivity (Wildman–Crippen MR) is 275 cm³/mol. The topological polar surface area (TPSA) is 175 Å². The first-order valence-corrected chi connectivity index (χ1v) is 27.3. The summed E-state index contributed by atoms with van der Waals surface area (Å²) < 4.78 is 28.2. The van der Waals surface area contributed by atoms with Gasteiger partial charge in [-0.1, -0.05) is 204 Å². The van der Waals surface area contributed by atoms with E-state index in [4.69, 9.17) is 23.7 Å². The molecule has 12 heteroatoms. The second-order valence-electron chi connectivity index (χ2n) is 18.5. The Hall–Kier alpha value is -3.58. The minimum Gasteiger partial charge on any atom is -0.479 e. The molecule has 6 atom stereocenters. The SMILES string of the molecule is CC/C=C\C/C=C\C/C=C\C/C=C\C/C=C\CCCCCC(=O)OC1C(OCC(COC(=O)CCCCCCCCCCCCC)OC(=O)CCCCCCCCCCC)OC(C(=O)O)C(O)C1O. The maximum absolute atomic E-state index is 13.0. The van der Waals surface area contributed by atoms with Crippen molar-refractivity contribution in [3.8, 4) is 0 Å². The fraction of sp³-hybridized carbons (Fsp3) is 0.754. The van der Waals surface area contributed by atoms with E-state index in [1.54, 1.807) is 0 Å². The number of carboxylic acid groups (broad SMARTS) is 1. The van der Waals surface area contributed by atoms with E-state index in [2.05, 4.69) is 81.5 Å². The molecule has 396 valence electrons. The lowest BCUT2D eigenvalue weighted by atomic mass is 9.98. The summed E-state index contributed by atoms with van der Waals surface area (Å²) >= 11 is 0. The molecule has 0 spiro atoms. The Labute approximate surface area is 417 Å². The molecule has 69 heavy (non-hydrogen) atoms. The van der Waals surface area contributed by atoms with Gasteiger partial charge in [0.2, 0.25) is 0 Å². The molecule has 6 unspecified atom stereocenters. The van der Waals surface area contributed by atoms with Crippen LogP contribution in [0.25, 0.3) is 0 Å². The van der Waals surface area contributed by atoms with Gasteiger partial charge in [0, 0.05) is 19.3 Å². The number of allylic oxidation sites excluding steroid dienone is 10. The number of aliphatic carboxylic acids is 1. The molecule has 0 bridgehead atoms. The van der Waals surface area contributed by atoms with E-state index >= 15 is 0 Å². The van der Waals surface area contributed by atoms with Crippen molar-refractivity contribution < 1.29 is 58.2 Å². The third kappa shape index (κ3) is 36.1. The van der Waals surface area contributed by atoms with E-state index in [0.29, 0.717) is 19.3 Å². The summed E-state index contributed by atoms with van der Waals surface area (Å²) in [4.78, 5) is 50.8. The van der Waals surface area contributed by atoms with E-state index in [1.165, 1.54) is 77.0 Å². The highest BCUT2D eigenvalue weighted by atomic mass is 16.7. The van der Waals surface area contributed by atoms with E-state index in [0.717, 1.165) is 89.9 Å². The van der Waals surface area contributed by atoms with Crippen molar-refractivity contribution in [1.82, 2.24) is 0 Å². The molecule has 0 radical (unpaired) electrons. The highest BCUT2D eigenvalue weighted by molar-refractivity contribution is 5.74. The number of carbonyl (C=O) groups excluding carboxylic acids is 3. The Morgan fingerprint density at radius 3 is 1.39 bits per heavy atom. The van der Waals surface area contributed by atoms with Gasteiger partial charge in [0.25, 0.3) is 0 Å². The molecule has 1 saturated heterocycles. The summed E-state index contributed by atoms with van der Waals surface area (Å²) in [7, 11) is 0. The Morgan fingerprint density at radius 2 is 0.913 bits per heavy atom. The molecular formula is C57H96O12. The molecule has 0 aromatic heterocycles. The monoisotopic (exact) mass is 973 g/mol. The predicted octanol–water partition coefficient (Wildman–Crippen LogP) is 13.2. The molecule has 0 amide bonds. The van der Waals surface area contributed by atoms with Crippen LogP contribution in [0.2, 0.25) is 0 Å². The normalized spacial score (nSPS) is 19.1. The van der Waals surface area contributed by atoms with Crippen LogP contribution in [0.1, 0.15) is 226 Å². The van der Waals surface area contributed by atoms with Crippen molar-refractivity contribution in [1.29, 1.82) is 0 Å². The first-order valence-electron chi connectivity index (χ1n) is 27.3. The molecule has 3 N–H and O–H groups in total. The first kappa shape index (κ1) is 63.4. The number of hydrogen-bond donors (Lipinski definition) is 3. The van der Waals surface area contributed by atoms with Crippen LogP contribution in [0.5, 0.6) is 0 Å². The largest absolute Gasteiger partial charge is 0.479 e. The molecule has 1 aliphatic heterocycles. The maximum Gasteiger partial charge on any atom is 0.335 e. The third-order valence-electron chi connectivity index (χ3n) is 12.1. The summed E-state index contributed by atoms with van der Waals surface area (Å²) in [6, 6.07) is 0. The van der Waals surface area contributed by atoms with E-state index in [1.807, 2.05) is 0 Å². The Kier molecular flexibility index (Phi) is 41.9. The fourth-order valence-electron chi connectivity index (χ4n) is 7.92. The Morgan fingerprint density at radius 1 is 0.493 bits per heavy atom. The second kappa shape index (κ2) is 45.6. The second-order valence-corrected chi connectivity index (χ2v) is 18.5. The lowest BCUT2D eigenvalue weighted by molar-refractivity contribution is -0.301. The van der Waals surface area contributed by atoms with E-state index in [-0.39, 0.29) is 25.9 Å². The summed E-state index contributed by atoms with van der Waals surface area (Å²) in [5.74, 6) is -3.16. The van der Waals surface area contributed by atoms with Crippen molar-refractivity contribution in [3.05, 3.63) is 60.8 Å². The fourth-order valence-corrected chi connectivity index (χ4v) is 7.92. The molecule has 1 fully saturated rings. The standard InChI is InChI=1S/C57H96O12/c1-4-7-10-13-16-19-21-22-23-24-25-26-27-28-30-33-36-39-42-45-51(60)68-55-53(62)52(61)54(56(63)64)69-57(55)66-47-48(67-50(59)44-41-38-35-31-18-15-12-9-6-3)46-65-49(58)43-40-37-34-32-29-20-17-14-11-8-5-2/h7,10,16,19,22-23,25-26,28,30,48,52-55,57,61-62H,4-6,8-9,11-15,17-18,20-21,24,27,29,31-47H2,1-3H3,(H,63,64)/b10-7-,19-16-,23-22-,26-25-,30-28-. The molecule has 1 rings (SSSR count). The van der Waals surface area contributed by atoms with Crippen molar-refractivity contribution in [3.63, 3.8) is 0 Å². The maximum atomic E-state index is 13.0. The molecule has 0 saturated carbocycles. The van der Waals surface area contributed by atoms with Crippen LogP contribution in [-0.4, -0.2) is 89.2 Å². The molecular weight excluding hydrogens is 877 g/mol. The molecule has 0 aromatic carbocycles. The number of rotatable bonds is 45. The van der Waals surface area contributed by atoms with Crippen molar-refractivity contribution in [2.75, 3.05) is 13.2 Å². The summed E-state index contributed by atoms with van der Waals surface area (Å²) in [6.07, 6.45) is 42.1. The number of esters is 3. The minimum absolute atomic E-state index is 0.0221. The first-order chi connectivity index (χ1) is 33.6. The molecule has 12 nitrogen and oxygen atoms in total. The highest BCUT2D eigenvalue weighted by Gasteiger charge is 2.50. The van der Waals surface area contributed by atoms with Crippen LogP contribution in [0.15, 0.2) is 60.8 Å². The van der Waals surface area contributed by atoms with Crippen LogP contribution < -0.4 is 0 Å². The van der Waals surface area contributed by atoms with Gasteiger partial charge in [-0.15, -0.1) is 0 Å². The third-order valence-corrected chi connectivity index (χ3v) is 12.1. The van der Waals surface area contributed by atoms with Gasteiger partial charge in [0.05, 0.1) is 6.61 Å². The van der Waals surface area contributed by atoms with Gasteiger partial charge in [0.15, 0.2) is 24.6 Å². The van der Waals surface area contributed by atoms with Gasteiger partial charge in [-0.05, 0) is 64.2 Å². The van der Waals surface area contributed by atoms with Gasteiger partial charge in [-0.25, -0.2) is 4.79 Å². The van der Waals surface area contributed by atoms with Gasteiger partial charge in [-0.3, -0.25) is 14.4 Å². The number of ether oxygens (including phenoxy) is 5. The van der Waals surface area contributed by atoms with Crippen LogP contribution in [0.3, 0.4) is 0 Å². The van der Waals surface area contributed by atoms with Gasteiger partial charge >= 0.3 is 23.9 Å². The average molecular weight is 973 g/mol. The zero-order valence-corrected chi connectivity index (χ0v) is 43.3.